The zero-order chi connectivity index (χ0) is 12.1. The van der Waals surface area contributed by atoms with E-state index < -0.39 is 0 Å². The van der Waals surface area contributed by atoms with Crippen molar-refractivity contribution in [2.75, 3.05) is 20.7 Å². The average Bonchev–Trinajstić information content (AvgIpc) is 2.85. The number of aromatic nitrogens is 3. The number of nitrogens with zero attached hydrogens (tertiary/aromatic N) is 3. The molecule has 0 atom stereocenters. The molecule has 0 aliphatic carbocycles. The van der Waals surface area contributed by atoms with Gasteiger partial charge >= 0.3 is 0 Å². The van der Waals surface area contributed by atoms with E-state index in [4.69, 9.17) is 9.15 Å². The molecule has 0 saturated carbocycles. The zero-order valence-electron chi connectivity index (χ0n) is 9.80. The summed E-state index contributed by atoms with van der Waals surface area (Å²) in [6.45, 7) is 0.801. The van der Waals surface area contributed by atoms with E-state index in [9.17, 15) is 0 Å². The Morgan fingerprint density at radius 1 is 1.41 bits per heavy atom. The number of methoxy groups -OCH3 is 1. The van der Waals surface area contributed by atoms with Crippen LogP contribution in [0.15, 0.2) is 22.9 Å². The van der Waals surface area contributed by atoms with Crippen LogP contribution in [0, 0.1) is 0 Å². The summed E-state index contributed by atoms with van der Waals surface area (Å²) in [6, 6.07) is 1.79. The van der Waals surface area contributed by atoms with E-state index in [1.54, 1.807) is 25.6 Å². The molecule has 2 aromatic rings. The summed E-state index contributed by atoms with van der Waals surface area (Å²) in [5, 5.41) is 11.0. The molecule has 0 aromatic carbocycles. The minimum atomic E-state index is 0.454. The van der Waals surface area contributed by atoms with Gasteiger partial charge in [0.05, 0.1) is 18.9 Å². The van der Waals surface area contributed by atoms with Crippen molar-refractivity contribution in [3.05, 3.63) is 24.4 Å². The molecule has 90 valence electrons. The summed E-state index contributed by atoms with van der Waals surface area (Å²) in [7, 11) is 3.46. The van der Waals surface area contributed by atoms with Gasteiger partial charge in [0.1, 0.15) is 5.75 Å². The zero-order valence-corrected chi connectivity index (χ0v) is 9.80. The molecule has 0 fully saturated rings. The molecule has 2 rings (SSSR count). The minimum Gasteiger partial charge on any atom is -0.494 e. The Morgan fingerprint density at radius 2 is 2.29 bits per heavy atom. The number of nitrogens with one attached hydrogen (secondary N) is 1. The highest BCUT2D eigenvalue weighted by molar-refractivity contribution is 5.60. The maximum Gasteiger partial charge on any atom is 0.251 e. The van der Waals surface area contributed by atoms with E-state index in [2.05, 4.69) is 20.5 Å². The van der Waals surface area contributed by atoms with Gasteiger partial charge in [-0.3, -0.25) is 4.98 Å². The molecule has 0 aliphatic heterocycles. The van der Waals surface area contributed by atoms with Crippen molar-refractivity contribution >= 4 is 0 Å². The molecule has 6 heteroatoms. The maximum absolute atomic E-state index is 5.54. The number of likely N-dealkylation sites (N-methyl/N-ethyl adjacent to an activating group) is 1. The minimum absolute atomic E-state index is 0.454. The second-order valence-electron chi connectivity index (χ2n) is 3.43. The SMILES string of the molecule is CNCCc1nnc(-c2ccncc2OC)o1. The quantitative estimate of drug-likeness (QED) is 0.828. The van der Waals surface area contributed by atoms with E-state index in [1.807, 2.05) is 7.05 Å². The molecule has 0 radical (unpaired) electrons. The van der Waals surface area contributed by atoms with E-state index in [0.717, 1.165) is 12.1 Å². The summed E-state index contributed by atoms with van der Waals surface area (Å²) in [4.78, 5) is 3.97. The van der Waals surface area contributed by atoms with Gasteiger partial charge in [-0.1, -0.05) is 0 Å². The van der Waals surface area contributed by atoms with Gasteiger partial charge in [-0.2, -0.15) is 0 Å². The van der Waals surface area contributed by atoms with Gasteiger partial charge in [-0.25, -0.2) is 0 Å². The van der Waals surface area contributed by atoms with Gasteiger partial charge in [-0.05, 0) is 13.1 Å². The van der Waals surface area contributed by atoms with Crippen molar-refractivity contribution in [2.24, 2.45) is 0 Å². The number of hydrogen-bond acceptors (Lipinski definition) is 6. The van der Waals surface area contributed by atoms with Crippen molar-refractivity contribution in [1.29, 1.82) is 0 Å². The van der Waals surface area contributed by atoms with Crippen LogP contribution in [-0.2, 0) is 6.42 Å². The van der Waals surface area contributed by atoms with Crippen molar-refractivity contribution < 1.29 is 9.15 Å². The van der Waals surface area contributed by atoms with Crippen LogP contribution in [0.4, 0.5) is 0 Å². The number of pyridine rings is 1. The van der Waals surface area contributed by atoms with Crippen LogP contribution in [0.1, 0.15) is 5.89 Å². The smallest absolute Gasteiger partial charge is 0.251 e. The van der Waals surface area contributed by atoms with Gasteiger partial charge in [0.2, 0.25) is 5.89 Å². The lowest BCUT2D eigenvalue weighted by Crippen LogP contribution is -2.10. The molecule has 17 heavy (non-hydrogen) atoms. The van der Waals surface area contributed by atoms with Crippen LogP contribution in [0.3, 0.4) is 0 Å². The van der Waals surface area contributed by atoms with Crippen LogP contribution in [0.5, 0.6) is 5.75 Å². The van der Waals surface area contributed by atoms with E-state index in [0.29, 0.717) is 24.0 Å². The number of hydrogen-bond donors (Lipinski definition) is 1. The molecule has 2 aromatic heterocycles. The normalized spacial score (nSPS) is 10.5. The van der Waals surface area contributed by atoms with Crippen LogP contribution in [-0.4, -0.2) is 35.9 Å². The molecule has 0 saturated heterocycles. The largest absolute Gasteiger partial charge is 0.494 e. The molecular formula is C11H14N4O2. The predicted octanol–water partition coefficient (Wildman–Crippen LogP) is 0.902. The molecule has 0 amide bonds. The Labute approximate surface area is 99.0 Å². The maximum atomic E-state index is 5.54. The molecule has 0 unspecified atom stereocenters. The first-order valence-electron chi connectivity index (χ1n) is 5.30. The molecule has 2 heterocycles. The summed E-state index contributed by atoms with van der Waals surface area (Å²) in [5.41, 5.74) is 0.755. The Morgan fingerprint density at radius 3 is 3.06 bits per heavy atom. The van der Waals surface area contributed by atoms with Crippen LogP contribution >= 0.6 is 0 Å². The summed E-state index contributed by atoms with van der Waals surface area (Å²) < 4.78 is 10.7. The van der Waals surface area contributed by atoms with Gasteiger partial charge in [0, 0.05) is 19.2 Å². The van der Waals surface area contributed by atoms with E-state index in [-0.39, 0.29) is 0 Å². The van der Waals surface area contributed by atoms with E-state index >= 15 is 0 Å². The highest BCUT2D eigenvalue weighted by Crippen LogP contribution is 2.27. The van der Waals surface area contributed by atoms with Crippen molar-refractivity contribution in [3.63, 3.8) is 0 Å². The second-order valence-corrected chi connectivity index (χ2v) is 3.43. The second kappa shape index (κ2) is 5.40. The fourth-order valence-electron chi connectivity index (χ4n) is 1.41. The predicted molar refractivity (Wildman–Crippen MR) is 61.7 cm³/mol. The third-order valence-electron chi connectivity index (χ3n) is 2.29. The third-order valence-corrected chi connectivity index (χ3v) is 2.29. The lowest BCUT2D eigenvalue weighted by atomic mass is 10.2. The Bertz CT molecular complexity index is 484. The van der Waals surface area contributed by atoms with Crippen molar-refractivity contribution in [2.45, 2.75) is 6.42 Å². The topological polar surface area (TPSA) is 73.1 Å². The first-order valence-corrected chi connectivity index (χ1v) is 5.30. The molecule has 0 spiro atoms. The first kappa shape index (κ1) is 11.5. The van der Waals surface area contributed by atoms with Crippen LogP contribution in [0.25, 0.3) is 11.5 Å². The van der Waals surface area contributed by atoms with E-state index in [1.165, 1.54) is 0 Å². The van der Waals surface area contributed by atoms with Crippen molar-refractivity contribution in [1.82, 2.24) is 20.5 Å². The fraction of sp³-hybridized carbons (Fsp3) is 0.364. The standard InChI is InChI=1S/C11H14N4O2/c1-12-5-4-10-14-15-11(17-10)8-3-6-13-7-9(8)16-2/h3,6-7,12H,4-5H2,1-2H3. The summed E-state index contributed by atoms with van der Waals surface area (Å²) in [6.07, 6.45) is 3.99. The van der Waals surface area contributed by atoms with Crippen LogP contribution in [0.2, 0.25) is 0 Å². The Kier molecular flexibility index (Phi) is 3.66. The number of rotatable bonds is 5. The fourth-order valence-corrected chi connectivity index (χ4v) is 1.41. The van der Waals surface area contributed by atoms with Gasteiger partial charge in [-0.15, -0.1) is 10.2 Å². The lowest BCUT2D eigenvalue weighted by Gasteiger charge is -2.02. The first-order chi connectivity index (χ1) is 8.35. The van der Waals surface area contributed by atoms with Gasteiger partial charge < -0.3 is 14.5 Å². The summed E-state index contributed by atoms with van der Waals surface area (Å²) in [5.74, 6) is 1.68. The lowest BCUT2D eigenvalue weighted by molar-refractivity contribution is 0.411. The molecule has 0 aliphatic rings. The molecule has 1 N–H and O–H groups in total. The third kappa shape index (κ3) is 2.59. The Balaban J connectivity index is 2.24. The van der Waals surface area contributed by atoms with Gasteiger partial charge in [0.15, 0.2) is 0 Å². The van der Waals surface area contributed by atoms with Crippen LogP contribution < -0.4 is 10.1 Å². The Hall–Kier alpha value is -1.95. The molecular weight excluding hydrogens is 220 g/mol. The molecule has 6 nitrogen and oxygen atoms in total. The average molecular weight is 234 g/mol. The van der Waals surface area contributed by atoms with Gasteiger partial charge in [0.25, 0.3) is 5.89 Å². The highest BCUT2D eigenvalue weighted by Gasteiger charge is 2.12. The monoisotopic (exact) mass is 234 g/mol. The molecule has 0 bridgehead atoms. The number of ether oxygens (including phenoxy) is 1. The summed E-state index contributed by atoms with van der Waals surface area (Å²) >= 11 is 0. The highest BCUT2D eigenvalue weighted by atomic mass is 16.5. The van der Waals surface area contributed by atoms with Crippen molar-refractivity contribution in [3.8, 4) is 17.2 Å².